The van der Waals surface area contributed by atoms with Crippen LogP contribution < -0.4 is 24.9 Å². The van der Waals surface area contributed by atoms with E-state index in [-0.39, 0.29) is 0 Å². The third kappa shape index (κ3) is 4.23. The maximum absolute atomic E-state index is 6.71. The normalized spacial score (nSPS) is 14.9. The molecule has 0 atom stereocenters. The van der Waals surface area contributed by atoms with Crippen LogP contribution >= 0.6 is 11.3 Å². The molecule has 11 rings (SSSR count). The summed E-state index contributed by atoms with van der Waals surface area (Å²) >= 11 is 1.81. The van der Waals surface area contributed by atoms with E-state index in [4.69, 9.17) is 19.4 Å². The summed E-state index contributed by atoms with van der Waals surface area (Å²) in [6.07, 6.45) is 3.96. The fraction of sp³-hybridized carbons (Fsp3) is 0.0222. The van der Waals surface area contributed by atoms with Crippen molar-refractivity contribution in [3.8, 4) is 28.7 Å². The molecule has 0 spiro atoms. The Morgan fingerprint density at radius 2 is 1.31 bits per heavy atom. The van der Waals surface area contributed by atoms with Crippen molar-refractivity contribution >= 4 is 77.0 Å². The Bertz CT molecular complexity index is 3120. The van der Waals surface area contributed by atoms with Gasteiger partial charge in [-0.05, 0) is 55.5 Å². The summed E-state index contributed by atoms with van der Waals surface area (Å²) in [6.45, 7) is 2.09. The summed E-state index contributed by atoms with van der Waals surface area (Å²) in [7, 11) is 0. The number of para-hydroxylation sites is 6. The highest BCUT2D eigenvalue weighted by molar-refractivity contribution is 7.26. The number of rotatable bonds is 2. The molecule has 5 heterocycles. The van der Waals surface area contributed by atoms with Crippen LogP contribution in [0.3, 0.4) is 0 Å². The number of hydrogen-bond acceptors (Lipinski definition) is 6. The third-order valence-corrected chi connectivity index (χ3v) is 11.3. The SMILES string of the molecule is CC1=C2/C=c3\c(n(-c4nc(-c5cccc6c5sc5ccccc56)c5ccccc5n4)c4ccccc34)=C\Oc3ccccc3N1c1ccccc1O2. The van der Waals surface area contributed by atoms with Crippen LogP contribution in [0.25, 0.3) is 71.5 Å². The summed E-state index contributed by atoms with van der Waals surface area (Å²) in [5.74, 6) is 2.82. The standard InChI is InChI=1S/C45H28N4O2S/c1-27-41-25-33-28-13-3-6-19-35(28)49(38(33)26-50-39-22-9-7-20-36(39)48(27)37-21-8-10-23-40(37)51-41)45-46-34-18-5-2-15-31(34)43(47-45)32-17-12-16-30-29-14-4-11-24-42(29)52-44(30)32/h2-26H,1H3/b33-25-,38-26-. The largest absolute Gasteiger partial charge is 0.461 e. The molecular formula is C45H28N4O2S. The van der Waals surface area contributed by atoms with Crippen LogP contribution in [0.2, 0.25) is 0 Å². The first-order chi connectivity index (χ1) is 25.7. The molecule has 52 heavy (non-hydrogen) atoms. The zero-order valence-electron chi connectivity index (χ0n) is 27.9. The van der Waals surface area contributed by atoms with Crippen molar-refractivity contribution in [2.24, 2.45) is 0 Å². The molecule has 246 valence electrons. The smallest absolute Gasteiger partial charge is 0.235 e. The van der Waals surface area contributed by atoms with Crippen LogP contribution in [-0.4, -0.2) is 14.5 Å². The second-order valence-electron chi connectivity index (χ2n) is 13.0. The lowest BCUT2D eigenvalue weighted by molar-refractivity contribution is 0.435. The lowest BCUT2D eigenvalue weighted by Gasteiger charge is -2.33. The van der Waals surface area contributed by atoms with Gasteiger partial charge in [-0.3, -0.25) is 4.57 Å². The van der Waals surface area contributed by atoms with Crippen molar-refractivity contribution in [1.82, 2.24) is 14.5 Å². The number of hydrogen-bond donors (Lipinski definition) is 0. The highest BCUT2D eigenvalue weighted by Gasteiger charge is 2.28. The molecule has 0 amide bonds. The Morgan fingerprint density at radius 3 is 2.19 bits per heavy atom. The molecular weight excluding hydrogens is 661 g/mol. The quantitative estimate of drug-likeness (QED) is 0.181. The molecule has 9 aromatic rings. The summed E-state index contributed by atoms with van der Waals surface area (Å²) in [5.41, 5.74) is 6.64. The predicted octanol–water partition coefficient (Wildman–Crippen LogP) is 9.98. The highest BCUT2D eigenvalue weighted by Crippen LogP contribution is 2.46. The number of thiophene rings is 1. The molecule has 0 unspecified atom stereocenters. The van der Waals surface area contributed by atoms with Gasteiger partial charge in [0.2, 0.25) is 5.95 Å². The van der Waals surface area contributed by atoms with Crippen molar-refractivity contribution in [1.29, 1.82) is 0 Å². The van der Waals surface area contributed by atoms with Gasteiger partial charge in [0.25, 0.3) is 0 Å². The summed E-state index contributed by atoms with van der Waals surface area (Å²) in [6, 6.07) is 48.0. The molecule has 0 fully saturated rings. The number of benzene rings is 6. The molecule has 0 aliphatic carbocycles. The lowest BCUT2D eigenvalue weighted by Crippen LogP contribution is -2.32. The van der Waals surface area contributed by atoms with Gasteiger partial charge in [-0.2, -0.15) is 0 Å². The van der Waals surface area contributed by atoms with Crippen molar-refractivity contribution in [3.05, 3.63) is 162 Å². The van der Waals surface area contributed by atoms with E-state index in [9.17, 15) is 0 Å². The first-order valence-electron chi connectivity index (χ1n) is 17.2. The van der Waals surface area contributed by atoms with Crippen LogP contribution in [0.15, 0.2) is 151 Å². The van der Waals surface area contributed by atoms with Crippen LogP contribution in [-0.2, 0) is 0 Å². The minimum Gasteiger partial charge on any atom is -0.461 e. The average molecular weight is 689 g/mol. The first-order valence-corrected chi connectivity index (χ1v) is 18.1. The van der Waals surface area contributed by atoms with E-state index in [2.05, 4.69) is 120 Å². The van der Waals surface area contributed by atoms with E-state index >= 15 is 0 Å². The van der Waals surface area contributed by atoms with E-state index in [1.165, 1.54) is 20.2 Å². The molecule has 0 saturated heterocycles. The molecule has 0 radical (unpaired) electrons. The van der Waals surface area contributed by atoms with E-state index in [1.807, 2.05) is 48.7 Å². The zero-order chi connectivity index (χ0) is 34.3. The van der Waals surface area contributed by atoms with Gasteiger partial charge >= 0.3 is 0 Å². The fourth-order valence-corrected chi connectivity index (χ4v) is 8.94. The number of ether oxygens (including phenoxy) is 2. The van der Waals surface area contributed by atoms with Gasteiger partial charge in [0.05, 0.1) is 39.1 Å². The fourth-order valence-electron chi connectivity index (χ4n) is 7.72. The molecule has 6 nitrogen and oxygen atoms in total. The van der Waals surface area contributed by atoms with Gasteiger partial charge in [-0.1, -0.05) is 97.1 Å². The van der Waals surface area contributed by atoms with Crippen molar-refractivity contribution in [2.75, 3.05) is 4.90 Å². The van der Waals surface area contributed by atoms with Crippen LogP contribution in [0, 0.1) is 0 Å². The Kier molecular flexibility index (Phi) is 6.23. The molecule has 6 aromatic carbocycles. The highest BCUT2D eigenvalue weighted by atomic mass is 32.1. The Morgan fingerprint density at radius 1 is 0.615 bits per heavy atom. The van der Waals surface area contributed by atoms with E-state index in [1.54, 1.807) is 11.3 Å². The number of allylic oxidation sites excluding steroid dienone is 2. The van der Waals surface area contributed by atoms with E-state index in [0.717, 1.165) is 78.0 Å². The van der Waals surface area contributed by atoms with E-state index in [0.29, 0.717) is 5.95 Å². The number of anilines is 2. The number of fused-ring (bicyclic) bond motifs is 12. The van der Waals surface area contributed by atoms with Crippen LogP contribution in [0.5, 0.6) is 11.5 Å². The minimum absolute atomic E-state index is 0.560. The molecule has 3 aromatic heterocycles. The van der Waals surface area contributed by atoms with Gasteiger partial charge < -0.3 is 14.4 Å². The molecule has 7 heteroatoms. The van der Waals surface area contributed by atoms with Gasteiger partial charge in [-0.15, -0.1) is 11.3 Å². The molecule has 2 bridgehead atoms. The number of nitrogens with zero attached hydrogens (tertiary/aromatic N) is 4. The molecule has 2 aliphatic heterocycles. The van der Waals surface area contributed by atoms with Gasteiger partial charge in [0.1, 0.15) is 12.0 Å². The first kappa shape index (κ1) is 29.1. The van der Waals surface area contributed by atoms with Crippen LogP contribution in [0.1, 0.15) is 6.92 Å². The maximum atomic E-state index is 6.71. The third-order valence-electron chi connectivity index (χ3n) is 10.1. The molecule has 0 N–H and O–H groups in total. The van der Waals surface area contributed by atoms with Crippen LogP contribution in [0.4, 0.5) is 11.4 Å². The molecule has 0 saturated carbocycles. The van der Waals surface area contributed by atoms with E-state index < -0.39 is 0 Å². The Hall–Kier alpha value is -6.70. The monoisotopic (exact) mass is 688 g/mol. The maximum Gasteiger partial charge on any atom is 0.235 e. The van der Waals surface area contributed by atoms with Crippen molar-refractivity contribution < 1.29 is 9.47 Å². The van der Waals surface area contributed by atoms with Crippen molar-refractivity contribution in [2.45, 2.75) is 6.92 Å². The molecule has 2 aliphatic rings. The minimum atomic E-state index is 0.560. The van der Waals surface area contributed by atoms with Gasteiger partial charge in [-0.25, -0.2) is 9.97 Å². The summed E-state index contributed by atoms with van der Waals surface area (Å²) < 4.78 is 18.0. The Labute approximate surface area is 302 Å². The Balaban J connectivity index is 1.24. The number of aromatic nitrogens is 3. The van der Waals surface area contributed by atoms with Gasteiger partial charge in [0, 0.05) is 41.7 Å². The van der Waals surface area contributed by atoms with Gasteiger partial charge in [0.15, 0.2) is 11.5 Å². The van der Waals surface area contributed by atoms with Crippen molar-refractivity contribution in [3.63, 3.8) is 0 Å². The predicted molar refractivity (Wildman–Crippen MR) is 212 cm³/mol. The second-order valence-corrected chi connectivity index (χ2v) is 14.1. The average Bonchev–Trinajstić information content (AvgIpc) is 3.72. The summed E-state index contributed by atoms with van der Waals surface area (Å²) in [4.78, 5) is 12.9. The topological polar surface area (TPSA) is 52.4 Å². The second kappa shape index (κ2) is 11.2. The zero-order valence-corrected chi connectivity index (χ0v) is 28.8. The lowest BCUT2D eigenvalue weighted by atomic mass is 10.0. The summed E-state index contributed by atoms with van der Waals surface area (Å²) in [5, 5.41) is 6.28.